The molecular weight excluding hydrogens is 316 g/mol. The van der Waals surface area contributed by atoms with Gasteiger partial charge in [0.15, 0.2) is 11.6 Å². The van der Waals surface area contributed by atoms with Crippen molar-refractivity contribution in [2.75, 3.05) is 11.4 Å². The molecule has 0 aliphatic carbocycles. The van der Waals surface area contributed by atoms with E-state index < -0.39 is 17.5 Å². The maximum atomic E-state index is 13.6. The molecule has 1 aliphatic rings. The number of carbonyl (C=O) groups excluding carboxylic acids is 1. The number of carbonyl (C=O) groups is 1. The molecule has 0 atom stereocenters. The molecule has 7 heteroatoms. The molecule has 0 unspecified atom stereocenters. The van der Waals surface area contributed by atoms with Crippen molar-refractivity contribution in [3.63, 3.8) is 0 Å². The van der Waals surface area contributed by atoms with E-state index in [0.717, 1.165) is 12.1 Å². The topological polar surface area (TPSA) is 55.2 Å². The first kappa shape index (κ1) is 16.3. The zero-order valence-corrected chi connectivity index (χ0v) is 13.3. The highest BCUT2D eigenvalue weighted by atomic mass is 19.2. The SMILES string of the molecule is CCCn1nc(C(=O)N2CCCc3cc(F)c(F)cc32)ccc1=O. The summed E-state index contributed by atoms with van der Waals surface area (Å²) in [6, 6.07) is 4.84. The van der Waals surface area contributed by atoms with Gasteiger partial charge in [0.05, 0.1) is 5.69 Å². The van der Waals surface area contributed by atoms with Crippen LogP contribution in [0.2, 0.25) is 0 Å². The number of rotatable bonds is 3. The van der Waals surface area contributed by atoms with Gasteiger partial charge in [-0.1, -0.05) is 6.92 Å². The lowest BCUT2D eigenvalue weighted by Gasteiger charge is -2.29. The van der Waals surface area contributed by atoms with E-state index in [-0.39, 0.29) is 11.3 Å². The molecule has 1 aromatic carbocycles. The Morgan fingerprint density at radius 1 is 1.25 bits per heavy atom. The number of nitrogens with zero attached hydrogens (tertiary/aromatic N) is 3. The predicted octanol–water partition coefficient (Wildman–Crippen LogP) is 2.52. The minimum atomic E-state index is -0.989. The van der Waals surface area contributed by atoms with Gasteiger partial charge in [0, 0.05) is 25.2 Å². The monoisotopic (exact) mass is 333 g/mol. The molecule has 0 spiro atoms. The number of amides is 1. The number of fused-ring (bicyclic) bond motifs is 1. The largest absolute Gasteiger partial charge is 0.307 e. The lowest BCUT2D eigenvalue weighted by atomic mass is 10.0. The van der Waals surface area contributed by atoms with Crippen molar-refractivity contribution in [1.29, 1.82) is 0 Å². The summed E-state index contributed by atoms with van der Waals surface area (Å²) in [5, 5.41) is 4.10. The fourth-order valence-electron chi connectivity index (χ4n) is 2.86. The highest BCUT2D eigenvalue weighted by molar-refractivity contribution is 6.05. The summed E-state index contributed by atoms with van der Waals surface area (Å²) in [6.45, 7) is 2.71. The molecule has 5 nitrogen and oxygen atoms in total. The number of aromatic nitrogens is 2. The Morgan fingerprint density at radius 3 is 2.75 bits per heavy atom. The quantitative estimate of drug-likeness (QED) is 0.867. The highest BCUT2D eigenvalue weighted by Gasteiger charge is 2.26. The van der Waals surface area contributed by atoms with Crippen LogP contribution in [0.5, 0.6) is 0 Å². The van der Waals surface area contributed by atoms with Gasteiger partial charge < -0.3 is 4.90 Å². The van der Waals surface area contributed by atoms with E-state index in [0.29, 0.717) is 43.6 Å². The third-order valence-corrected chi connectivity index (χ3v) is 4.01. The third-order valence-electron chi connectivity index (χ3n) is 4.01. The Morgan fingerprint density at radius 2 is 2.00 bits per heavy atom. The molecule has 1 aliphatic heterocycles. The van der Waals surface area contributed by atoms with Crippen LogP contribution >= 0.6 is 0 Å². The number of anilines is 1. The van der Waals surface area contributed by atoms with Gasteiger partial charge in [0.25, 0.3) is 11.5 Å². The van der Waals surface area contributed by atoms with Gasteiger partial charge in [-0.25, -0.2) is 13.5 Å². The fraction of sp³-hybridized carbons (Fsp3) is 0.353. The van der Waals surface area contributed by atoms with Gasteiger partial charge in [0.1, 0.15) is 5.69 Å². The number of aryl methyl sites for hydroxylation is 2. The van der Waals surface area contributed by atoms with E-state index in [4.69, 9.17) is 0 Å². The van der Waals surface area contributed by atoms with Crippen molar-refractivity contribution in [3.8, 4) is 0 Å². The van der Waals surface area contributed by atoms with Crippen molar-refractivity contribution in [2.24, 2.45) is 0 Å². The van der Waals surface area contributed by atoms with Crippen LogP contribution in [0.1, 0.15) is 35.8 Å². The van der Waals surface area contributed by atoms with Crippen LogP contribution in [-0.2, 0) is 13.0 Å². The van der Waals surface area contributed by atoms with Crippen LogP contribution < -0.4 is 10.5 Å². The van der Waals surface area contributed by atoms with Crippen LogP contribution in [0.15, 0.2) is 29.1 Å². The lowest BCUT2D eigenvalue weighted by Crippen LogP contribution is -2.37. The van der Waals surface area contributed by atoms with Gasteiger partial charge in [0.2, 0.25) is 0 Å². The molecule has 0 saturated carbocycles. The molecule has 0 saturated heterocycles. The molecular formula is C17H17F2N3O2. The van der Waals surface area contributed by atoms with E-state index in [2.05, 4.69) is 5.10 Å². The summed E-state index contributed by atoms with van der Waals surface area (Å²) in [7, 11) is 0. The zero-order valence-electron chi connectivity index (χ0n) is 13.3. The Kier molecular flexibility index (Phi) is 4.42. The van der Waals surface area contributed by atoms with Crippen LogP contribution in [-0.4, -0.2) is 22.2 Å². The zero-order chi connectivity index (χ0) is 17.3. The third kappa shape index (κ3) is 2.93. The first-order valence-corrected chi connectivity index (χ1v) is 7.89. The molecule has 1 aromatic heterocycles. The van der Waals surface area contributed by atoms with Crippen LogP contribution in [0.3, 0.4) is 0 Å². The van der Waals surface area contributed by atoms with E-state index >= 15 is 0 Å². The van der Waals surface area contributed by atoms with E-state index in [9.17, 15) is 18.4 Å². The normalized spacial score (nSPS) is 13.7. The summed E-state index contributed by atoms with van der Waals surface area (Å²) in [5.74, 6) is -2.33. The second-order valence-corrected chi connectivity index (χ2v) is 5.74. The van der Waals surface area contributed by atoms with Crippen molar-refractivity contribution in [1.82, 2.24) is 9.78 Å². The molecule has 2 aromatic rings. The van der Waals surface area contributed by atoms with Gasteiger partial charge in [-0.15, -0.1) is 0 Å². The maximum absolute atomic E-state index is 13.6. The summed E-state index contributed by atoms with van der Waals surface area (Å²) in [6.07, 6.45) is 1.94. The van der Waals surface area contributed by atoms with Gasteiger partial charge in [-0.3, -0.25) is 9.59 Å². The summed E-state index contributed by atoms with van der Waals surface area (Å²) < 4.78 is 28.2. The van der Waals surface area contributed by atoms with Crippen LogP contribution in [0, 0.1) is 11.6 Å². The van der Waals surface area contributed by atoms with Crippen molar-refractivity contribution in [2.45, 2.75) is 32.7 Å². The average molecular weight is 333 g/mol. The van der Waals surface area contributed by atoms with Crippen LogP contribution in [0.25, 0.3) is 0 Å². The molecule has 0 bridgehead atoms. The van der Waals surface area contributed by atoms with E-state index in [1.54, 1.807) is 0 Å². The van der Waals surface area contributed by atoms with Crippen molar-refractivity contribution < 1.29 is 13.6 Å². The molecule has 1 amide bonds. The smallest absolute Gasteiger partial charge is 0.278 e. The Hall–Kier alpha value is -2.57. The molecule has 0 fully saturated rings. The number of hydrogen-bond donors (Lipinski definition) is 0. The van der Waals surface area contributed by atoms with Gasteiger partial charge in [-0.2, -0.15) is 5.10 Å². The van der Waals surface area contributed by atoms with E-state index in [1.165, 1.54) is 21.7 Å². The first-order chi connectivity index (χ1) is 11.5. The Balaban J connectivity index is 1.99. The second kappa shape index (κ2) is 6.51. The summed E-state index contributed by atoms with van der Waals surface area (Å²) in [4.78, 5) is 25.9. The summed E-state index contributed by atoms with van der Waals surface area (Å²) in [5.41, 5.74) is 0.789. The first-order valence-electron chi connectivity index (χ1n) is 7.89. The average Bonchev–Trinajstić information content (AvgIpc) is 2.57. The lowest BCUT2D eigenvalue weighted by molar-refractivity contribution is 0.0977. The predicted molar refractivity (Wildman–Crippen MR) is 85.1 cm³/mol. The maximum Gasteiger partial charge on any atom is 0.278 e. The standard InChI is InChI=1S/C17H17F2N3O2/c1-2-7-22-16(23)6-5-14(20-22)17(24)21-8-3-4-11-9-12(18)13(19)10-15(11)21/h5-6,9-10H,2-4,7-8H2,1H3. The van der Waals surface area contributed by atoms with Crippen molar-refractivity contribution in [3.05, 3.63) is 57.5 Å². The molecule has 24 heavy (non-hydrogen) atoms. The second-order valence-electron chi connectivity index (χ2n) is 5.74. The van der Waals surface area contributed by atoms with Gasteiger partial charge in [-0.05, 0) is 37.0 Å². The van der Waals surface area contributed by atoms with Crippen LogP contribution in [0.4, 0.5) is 14.5 Å². The minimum absolute atomic E-state index is 0.112. The number of benzene rings is 1. The fourth-order valence-corrected chi connectivity index (χ4v) is 2.86. The number of hydrogen-bond acceptors (Lipinski definition) is 3. The van der Waals surface area contributed by atoms with Gasteiger partial charge >= 0.3 is 0 Å². The Bertz CT molecular complexity index is 848. The Labute approximate surface area is 137 Å². The van der Waals surface area contributed by atoms with Crippen molar-refractivity contribution >= 4 is 11.6 Å². The minimum Gasteiger partial charge on any atom is -0.307 e. The summed E-state index contributed by atoms with van der Waals surface area (Å²) >= 11 is 0. The molecule has 0 N–H and O–H groups in total. The molecule has 2 heterocycles. The molecule has 3 rings (SSSR count). The molecule has 0 radical (unpaired) electrons. The highest BCUT2D eigenvalue weighted by Crippen LogP contribution is 2.30. The molecule has 126 valence electrons. The van der Waals surface area contributed by atoms with E-state index in [1.807, 2.05) is 6.92 Å². The number of halogens is 2.